The molecule has 1 aromatic carbocycles. The molecule has 0 saturated heterocycles. The monoisotopic (exact) mass is 366 g/mol. The number of hydrogen-bond acceptors (Lipinski definition) is 1. The first-order valence-corrected chi connectivity index (χ1v) is 8.57. The zero-order valence-electron chi connectivity index (χ0n) is 9.99. The summed E-state index contributed by atoms with van der Waals surface area (Å²) in [5, 5.41) is 0.726. The topological polar surface area (TPSA) is 17.1 Å². The molecule has 0 unspecified atom stereocenters. The van der Waals surface area contributed by atoms with Crippen molar-refractivity contribution in [3.05, 3.63) is 41.4 Å². The fraction of sp³-hybridized carbons (Fsp3) is 0.357. The third-order valence-electron chi connectivity index (χ3n) is 2.26. The molecule has 17 heavy (non-hydrogen) atoms. The van der Waals surface area contributed by atoms with Crippen molar-refractivity contribution in [3.63, 3.8) is 0 Å². The summed E-state index contributed by atoms with van der Waals surface area (Å²) in [5.74, 6) is 0. The third-order valence-corrected chi connectivity index (χ3v) is 4.92. The second-order valence-electron chi connectivity index (χ2n) is 3.77. The van der Waals surface area contributed by atoms with Gasteiger partial charge in [-0.25, -0.2) is 0 Å². The van der Waals surface area contributed by atoms with Gasteiger partial charge in [-0.2, -0.15) is 0 Å². The normalized spacial score (nSPS) is 10.9. The molecule has 0 fully saturated rings. The molecule has 0 radical (unpaired) electrons. The van der Waals surface area contributed by atoms with Gasteiger partial charge in [0.05, 0.1) is 0 Å². The molecule has 0 heterocycles. The van der Waals surface area contributed by atoms with Crippen molar-refractivity contribution in [2.24, 2.45) is 0 Å². The van der Waals surface area contributed by atoms with Crippen LogP contribution in [-0.2, 0) is 4.79 Å². The van der Waals surface area contributed by atoms with E-state index in [0.29, 0.717) is 0 Å². The second-order valence-corrected chi connectivity index (χ2v) is 7.29. The molecule has 0 bridgehead atoms. The van der Waals surface area contributed by atoms with Crippen LogP contribution in [-0.4, -0.2) is 24.8 Å². The Morgan fingerprint density at radius 1 is 1.29 bits per heavy atom. The number of carbonyl (C=O) groups is 1. The van der Waals surface area contributed by atoms with Crippen molar-refractivity contribution in [1.82, 2.24) is 0 Å². The van der Waals surface area contributed by atoms with E-state index < -0.39 is 20.9 Å². The first-order chi connectivity index (χ1) is 8.22. The van der Waals surface area contributed by atoms with Gasteiger partial charge in [0.15, 0.2) is 0 Å². The number of rotatable bonds is 7. The van der Waals surface area contributed by atoms with Crippen molar-refractivity contribution in [2.45, 2.75) is 32.6 Å². The maximum absolute atomic E-state index is 11.7. The number of hydrogen-bond donors (Lipinski definition) is 0. The Bertz CT molecular complexity index is 370. The van der Waals surface area contributed by atoms with Crippen LogP contribution < -0.4 is 3.61 Å². The summed E-state index contributed by atoms with van der Waals surface area (Å²) in [5.41, 5.74) is 0. The molecule has 1 aromatic rings. The molecule has 0 aliphatic carbocycles. The fourth-order valence-electron chi connectivity index (χ4n) is 1.34. The number of halogens is 1. The van der Waals surface area contributed by atoms with Crippen LogP contribution in [0.5, 0.6) is 0 Å². The van der Waals surface area contributed by atoms with Crippen molar-refractivity contribution >= 4 is 40.0 Å². The first-order valence-electron chi connectivity index (χ1n) is 5.86. The van der Waals surface area contributed by atoms with E-state index in [1.807, 2.05) is 30.3 Å². The quantitative estimate of drug-likeness (QED) is 0.412. The Kier molecular flexibility index (Phi) is 7.60. The molecule has 1 rings (SSSR count). The van der Waals surface area contributed by atoms with E-state index in [9.17, 15) is 4.79 Å². The zero-order valence-corrected chi connectivity index (χ0v) is 13.1. The Morgan fingerprint density at radius 3 is 2.65 bits per heavy atom. The standard InChI is InChI=1S/C14H17ClOTe/c1-2-3-4-5-6-7-14(16)17-13-10-8-12(15)9-11-13/h6-11H,2-5H2,1H3/b7-6+. The van der Waals surface area contributed by atoms with Gasteiger partial charge >= 0.3 is 119 Å². The average molecular weight is 364 g/mol. The van der Waals surface area contributed by atoms with Gasteiger partial charge in [0, 0.05) is 0 Å². The van der Waals surface area contributed by atoms with Crippen LogP contribution >= 0.6 is 11.6 Å². The van der Waals surface area contributed by atoms with Crippen molar-refractivity contribution in [3.8, 4) is 0 Å². The molecule has 0 aliphatic heterocycles. The van der Waals surface area contributed by atoms with Crippen LogP contribution in [0.2, 0.25) is 5.02 Å². The molecule has 0 amide bonds. The van der Waals surface area contributed by atoms with Gasteiger partial charge in [0.25, 0.3) is 0 Å². The summed E-state index contributed by atoms with van der Waals surface area (Å²) < 4.78 is 1.43. The van der Waals surface area contributed by atoms with Gasteiger partial charge in [0.2, 0.25) is 0 Å². The van der Waals surface area contributed by atoms with Crippen LogP contribution in [0, 0.1) is 0 Å². The summed E-state index contributed by atoms with van der Waals surface area (Å²) in [4.78, 5) is 11.7. The van der Waals surface area contributed by atoms with Crippen LogP contribution in [0.15, 0.2) is 36.4 Å². The molecule has 0 N–H and O–H groups in total. The van der Waals surface area contributed by atoms with Gasteiger partial charge < -0.3 is 0 Å². The van der Waals surface area contributed by atoms with Crippen LogP contribution in [0.4, 0.5) is 0 Å². The SMILES string of the molecule is CCCCC/C=C/C(=O)[Te]c1ccc(Cl)cc1. The zero-order chi connectivity index (χ0) is 12.5. The number of benzene rings is 1. The molecule has 1 nitrogen and oxygen atoms in total. The van der Waals surface area contributed by atoms with E-state index >= 15 is 0 Å². The molecular weight excluding hydrogens is 347 g/mol. The molecular formula is C14H17ClOTe. The first kappa shape index (κ1) is 14.8. The third kappa shape index (κ3) is 6.88. The number of carbonyl (C=O) groups excluding carboxylic acids is 1. The Labute approximate surface area is 118 Å². The summed E-state index contributed by atoms with van der Waals surface area (Å²) in [6.45, 7) is 2.18. The molecule has 0 aliphatic rings. The average Bonchev–Trinajstić information content (AvgIpc) is 2.32. The molecule has 0 saturated carbocycles. The summed E-state index contributed by atoms with van der Waals surface area (Å²) in [7, 11) is 0. The predicted molar refractivity (Wildman–Crippen MR) is 75.1 cm³/mol. The van der Waals surface area contributed by atoms with E-state index in [1.165, 1.54) is 19.3 Å². The van der Waals surface area contributed by atoms with Gasteiger partial charge in [-0.3, -0.25) is 0 Å². The maximum atomic E-state index is 11.7. The van der Waals surface area contributed by atoms with Crippen molar-refractivity contribution in [1.29, 1.82) is 0 Å². The molecule has 3 heteroatoms. The van der Waals surface area contributed by atoms with Crippen molar-refractivity contribution < 1.29 is 4.79 Å². The molecule has 0 atom stereocenters. The second kappa shape index (κ2) is 8.75. The van der Waals surface area contributed by atoms with E-state index in [4.69, 9.17) is 11.6 Å². The van der Waals surface area contributed by atoms with Crippen LogP contribution in [0.1, 0.15) is 32.6 Å². The van der Waals surface area contributed by atoms with Crippen LogP contribution in [0.3, 0.4) is 0 Å². The van der Waals surface area contributed by atoms with E-state index in [-0.39, 0.29) is 3.83 Å². The molecule has 92 valence electrons. The van der Waals surface area contributed by atoms with Gasteiger partial charge in [-0.1, -0.05) is 0 Å². The summed E-state index contributed by atoms with van der Waals surface area (Å²) in [6, 6.07) is 7.60. The van der Waals surface area contributed by atoms with E-state index in [1.54, 1.807) is 6.08 Å². The fourth-order valence-corrected chi connectivity index (χ4v) is 3.38. The van der Waals surface area contributed by atoms with Crippen molar-refractivity contribution in [2.75, 3.05) is 0 Å². The Morgan fingerprint density at radius 2 is 2.00 bits per heavy atom. The Balaban J connectivity index is 2.31. The Hall–Kier alpha value is -0.290. The van der Waals surface area contributed by atoms with E-state index in [2.05, 4.69) is 6.92 Å². The minimum atomic E-state index is -0.744. The summed E-state index contributed by atoms with van der Waals surface area (Å²) >= 11 is 5.05. The van der Waals surface area contributed by atoms with E-state index in [0.717, 1.165) is 15.1 Å². The van der Waals surface area contributed by atoms with Gasteiger partial charge in [0.1, 0.15) is 0 Å². The predicted octanol–water partition coefficient (Wildman–Crippen LogP) is 3.33. The number of allylic oxidation sites excluding steroid dienone is 2. The minimum absolute atomic E-state index is 0.286. The molecule has 0 aromatic heterocycles. The molecule has 0 spiro atoms. The number of unbranched alkanes of at least 4 members (excludes halogenated alkanes) is 3. The van der Waals surface area contributed by atoms with Gasteiger partial charge in [-0.15, -0.1) is 0 Å². The summed E-state index contributed by atoms with van der Waals surface area (Å²) in [6.07, 6.45) is 8.44. The van der Waals surface area contributed by atoms with Crippen LogP contribution in [0.25, 0.3) is 0 Å². The van der Waals surface area contributed by atoms with Gasteiger partial charge in [-0.05, 0) is 0 Å².